The molecule has 3 nitrogen and oxygen atoms in total. The van der Waals surface area contributed by atoms with Crippen molar-refractivity contribution in [2.75, 3.05) is 0 Å². The highest BCUT2D eigenvalue weighted by atomic mass is 19.1. The van der Waals surface area contributed by atoms with Gasteiger partial charge in [0.05, 0.1) is 6.04 Å². The summed E-state index contributed by atoms with van der Waals surface area (Å²) in [5, 5.41) is 2.72. The van der Waals surface area contributed by atoms with Gasteiger partial charge in [-0.05, 0) is 31.9 Å². The Morgan fingerprint density at radius 3 is 2.62 bits per heavy atom. The molecule has 0 saturated heterocycles. The maximum Gasteiger partial charge on any atom is 0.236 e. The van der Waals surface area contributed by atoms with Gasteiger partial charge in [-0.25, -0.2) is 4.39 Å². The van der Waals surface area contributed by atoms with Crippen LogP contribution < -0.4 is 11.1 Å². The van der Waals surface area contributed by atoms with Gasteiger partial charge in [-0.2, -0.15) is 0 Å². The summed E-state index contributed by atoms with van der Waals surface area (Å²) in [6.07, 6.45) is 0.463. The normalized spacial score (nSPS) is 14.2. The highest BCUT2D eigenvalue weighted by molar-refractivity contribution is 5.81. The number of hydrogen-bond donors (Lipinski definition) is 2. The molecule has 3 N–H and O–H groups in total. The van der Waals surface area contributed by atoms with Crippen molar-refractivity contribution in [3.05, 3.63) is 35.6 Å². The van der Waals surface area contributed by atoms with Crippen molar-refractivity contribution < 1.29 is 9.18 Å². The molecule has 16 heavy (non-hydrogen) atoms. The molecule has 0 saturated carbocycles. The van der Waals surface area contributed by atoms with Crippen LogP contribution in [0.2, 0.25) is 0 Å². The molecule has 88 valence electrons. The molecule has 0 bridgehead atoms. The maximum absolute atomic E-state index is 13.3. The van der Waals surface area contributed by atoms with Crippen LogP contribution in [0.25, 0.3) is 0 Å². The van der Waals surface area contributed by atoms with Gasteiger partial charge in [-0.15, -0.1) is 0 Å². The smallest absolute Gasteiger partial charge is 0.236 e. The summed E-state index contributed by atoms with van der Waals surface area (Å²) in [5.74, 6) is -0.465. The maximum atomic E-state index is 13.3. The van der Waals surface area contributed by atoms with E-state index >= 15 is 0 Å². The molecule has 1 rings (SSSR count). The van der Waals surface area contributed by atoms with Crippen LogP contribution in [0.4, 0.5) is 4.39 Å². The second kappa shape index (κ2) is 5.61. The van der Waals surface area contributed by atoms with Gasteiger partial charge < -0.3 is 11.1 Å². The van der Waals surface area contributed by atoms with Gasteiger partial charge in [-0.1, -0.05) is 18.2 Å². The van der Waals surface area contributed by atoms with Gasteiger partial charge in [0.15, 0.2) is 0 Å². The van der Waals surface area contributed by atoms with E-state index in [1.165, 1.54) is 6.07 Å². The van der Waals surface area contributed by atoms with Crippen molar-refractivity contribution >= 4 is 5.91 Å². The van der Waals surface area contributed by atoms with E-state index in [2.05, 4.69) is 5.32 Å². The molecule has 1 unspecified atom stereocenters. The number of nitrogens with one attached hydrogen (secondary N) is 1. The lowest BCUT2D eigenvalue weighted by atomic mass is 10.1. The van der Waals surface area contributed by atoms with E-state index < -0.39 is 6.04 Å². The summed E-state index contributed by atoms with van der Waals surface area (Å²) in [4.78, 5) is 11.3. The van der Waals surface area contributed by atoms with E-state index in [0.717, 1.165) is 0 Å². The third-order valence-corrected chi connectivity index (χ3v) is 2.29. The fraction of sp³-hybridized carbons (Fsp3) is 0.417. The molecule has 0 fully saturated rings. The van der Waals surface area contributed by atoms with Crippen LogP contribution >= 0.6 is 0 Å². The van der Waals surface area contributed by atoms with Gasteiger partial charge in [-0.3, -0.25) is 4.79 Å². The molecule has 0 heterocycles. The number of amides is 1. The monoisotopic (exact) mass is 224 g/mol. The Balaban J connectivity index is 2.55. The predicted octanol–water partition coefficient (Wildman–Crippen LogP) is 1.22. The number of nitrogens with two attached hydrogens (primary N) is 1. The van der Waals surface area contributed by atoms with Crippen molar-refractivity contribution in [1.29, 1.82) is 0 Å². The number of carbonyl (C=O) groups is 1. The van der Waals surface area contributed by atoms with E-state index in [1.54, 1.807) is 25.1 Å². The zero-order valence-corrected chi connectivity index (χ0v) is 9.53. The molecule has 0 aliphatic heterocycles. The minimum absolute atomic E-state index is 0.129. The summed E-state index contributed by atoms with van der Waals surface area (Å²) in [7, 11) is 0. The SMILES string of the molecule is CC(Cc1ccccc1F)NC(=O)[C@H](C)N. The number of benzene rings is 1. The zero-order valence-electron chi connectivity index (χ0n) is 9.53. The average Bonchev–Trinajstić information content (AvgIpc) is 2.21. The van der Waals surface area contributed by atoms with E-state index in [0.29, 0.717) is 12.0 Å². The molecule has 2 atom stereocenters. The van der Waals surface area contributed by atoms with Crippen molar-refractivity contribution in [3.63, 3.8) is 0 Å². The first-order valence-corrected chi connectivity index (χ1v) is 5.30. The van der Waals surface area contributed by atoms with Crippen LogP contribution in [0.5, 0.6) is 0 Å². The molecular formula is C12H17FN2O. The van der Waals surface area contributed by atoms with Gasteiger partial charge in [0, 0.05) is 6.04 Å². The average molecular weight is 224 g/mol. The standard InChI is InChI=1S/C12H17FN2O/c1-8(15-12(16)9(2)14)7-10-5-3-4-6-11(10)13/h3-6,8-9H,7,14H2,1-2H3,(H,15,16)/t8?,9-/m0/s1. The van der Waals surface area contributed by atoms with Gasteiger partial charge in [0.2, 0.25) is 5.91 Å². The minimum Gasteiger partial charge on any atom is -0.352 e. The molecule has 0 spiro atoms. The van der Waals surface area contributed by atoms with E-state index in [4.69, 9.17) is 5.73 Å². The Kier molecular flexibility index (Phi) is 4.43. The number of carbonyl (C=O) groups excluding carboxylic acids is 1. The van der Waals surface area contributed by atoms with Gasteiger partial charge in [0.25, 0.3) is 0 Å². The molecule has 0 aliphatic rings. The lowest BCUT2D eigenvalue weighted by Gasteiger charge is -2.15. The Morgan fingerprint density at radius 1 is 1.44 bits per heavy atom. The third kappa shape index (κ3) is 3.62. The van der Waals surface area contributed by atoms with Crippen molar-refractivity contribution in [1.82, 2.24) is 5.32 Å². The van der Waals surface area contributed by atoms with Crippen LogP contribution in [0.1, 0.15) is 19.4 Å². The van der Waals surface area contributed by atoms with Crippen LogP contribution in [0.15, 0.2) is 24.3 Å². The highest BCUT2D eigenvalue weighted by Gasteiger charge is 2.12. The van der Waals surface area contributed by atoms with E-state index in [1.807, 2.05) is 6.92 Å². The summed E-state index contributed by atoms with van der Waals surface area (Å²) in [6.45, 7) is 3.44. The third-order valence-electron chi connectivity index (χ3n) is 2.29. The van der Waals surface area contributed by atoms with Crippen LogP contribution in [-0.2, 0) is 11.2 Å². The first kappa shape index (κ1) is 12.6. The van der Waals surface area contributed by atoms with Gasteiger partial charge >= 0.3 is 0 Å². The highest BCUT2D eigenvalue weighted by Crippen LogP contribution is 2.08. The number of halogens is 1. The fourth-order valence-electron chi connectivity index (χ4n) is 1.42. The lowest BCUT2D eigenvalue weighted by molar-refractivity contribution is -0.122. The van der Waals surface area contributed by atoms with Crippen LogP contribution in [0, 0.1) is 5.82 Å². The van der Waals surface area contributed by atoms with E-state index in [-0.39, 0.29) is 17.8 Å². The second-order valence-electron chi connectivity index (χ2n) is 3.99. The molecule has 1 aromatic rings. The summed E-state index contributed by atoms with van der Waals surface area (Å²) in [5.41, 5.74) is 6.02. The molecule has 4 heteroatoms. The Labute approximate surface area is 94.8 Å². The lowest BCUT2D eigenvalue weighted by Crippen LogP contribution is -2.43. The molecule has 0 radical (unpaired) electrons. The van der Waals surface area contributed by atoms with Crippen molar-refractivity contribution in [2.24, 2.45) is 5.73 Å². The predicted molar refractivity (Wildman–Crippen MR) is 61.4 cm³/mol. The number of hydrogen-bond acceptors (Lipinski definition) is 2. The summed E-state index contributed by atoms with van der Waals surface area (Å²) >= 11 is 0. The Morgan fingerprint density at radius 2 is 2.06 bits per heavy atom. The van der Waals surface area contributed by atoms with E-state index in [9.17, 15) is 9.18 Å². The molecule has 0 aliphatic carbocycles. The quantitative estimate of drug-likeness (QED) is 0.808. The Hall–Kier alpha value is -1.42. The first-order chi connectivity index (χ1) is 7.50. The number of rotatable bonds is 4. The second-order valence-corrected chi connectivity index (χ2v) is 3.99. The Bertz CT molecular complexity index is 366. The van der Waals surface area contributed by atoms with Crippen LogP contribution in [-0.4, -0.2) is 18.0 Å². The molecule has 1 aromatic carbocycles. The van der Waals surface area contributed by atoms with Crippen molar-refractivity contribution in [2.45, 2.75) is 32.4 Å². The topological polar surface area (TPSA) is 55.1 Å². The molecule has 0 aromatic heterocycles. The largest absolute Gasteiger partial charge is 0.352 e. The molecule has 1 amide bonds. The summed E-state index contributed by atoms with van der Waals surface area (Å²) in [6, 6.07) is 5.88. The van der Waals surface area contributed by atoms with Gasteiger partial charge in [0.1, 0.15) is 5.82 Å². The minimum atomic E-state index is -0.539. The summed E-state index contributed by atoms with van der Waals surface area (Å²) < 4.78 is 13.3. The molecular weight excluding hydrogens is 207 g/mol. The van der Waals surface area contributed by atoms with Crippen molar-refractivity contribution in [3.8, 4) is 0 Å². The first-order valence-electron chi connectivity index (χ1n) is 5.30. The zero-order chi connectivity index (χ0) is 12.1. The fourth-order valence-corrected chi connectivity index (χ4v) is 1.42. The van der Waals surface area contributed by atoms with Crippen LogP contribution in [0.3, 0.4) is 0 Å².